The maximum Gasteiger partial charge on any atom is 0.135 e. The molecule has 0 aromatic carbocycles. The highest BCUT2D eigenvalue weighted by atomic mass is 32.1. The maximum atomic E-state index is 4.69. The number of rotatable bonds is 6. The Kier molecular flexibility index (Phi) is 5.17. The van der Waals surface area contributed by atoms with Crippen molar-refractivity contribution in [2.75, 3.05) is 17.7 Å². The second-order valence-corrected chi connectivity index (χ2v) is 6.67. The van der Waals surface area contributed by atoms with Crippen LogP contribution in [0.3, 0.4) is 0 Å². The molecule has 2 aromatic rings. The summed E-state index contributed by atoms with van der Waals surface area (Å²) >= 11 is 1.80. The molecule has 0 aliphatic heterocycles. The van der Waals surface area contributed by atoms with Gasteiger partial charge in [-0.05, 0) is 25.3 Å². The van der Waals surface area contributed by atoms with E-state index in [0.29, 0.717) is 12.0 Å². The predicted molar refractivity (Wildman–Crippen MR) is 91.5 cm³/mol. The number of thiophene rings is 1. The first-order chi connectivity index (χ1) is 10.0. The molecule has 0 aliphatic rings. The Hall–Kier alpha value is -1.62. The lowest BCUT2D eigenvalue weighted by Gasteiger charge is -2.19. The van der Waals surface area contributed by atoms with E-state index in [1.807, 2.05) is 7.05 Å². The molecule has 0 amide bonds. The Bertz CT molecular complexity index is 578. The van der Waals surface area contributed by atoms with E-state index >= 15 is 0 Å². The van der Waals surface area contributed by atoms with E-state index in [1.165, 1.54) is 4.88 Å². The van der Waals surface area contributed by atoms with Crippen molar-refractivity contribution in [1.82, 2.24) is 9.97 Å². The van der Waals surface area contributed by atoms with Crippen LogP contribution >= 0.6 is 11.3 Å². The molecule has 0 radical (unpaired) electrons. The van der Waals surface area contributed by atoms with E-state index in [1.54, 1.807) is 11.3 Å². The van der Waals surface area contributed by atoms with Crippen molar-refractivity contribution in [3.05, 3.63) is 33.8 Å². The summed E-state index contributed by atoms with van der Waals surface area (Å²) in [6.07, 6.45) is 1.01. The van der Waals surface area contributed by atoms with Crippen LogP contribution in [-0.4, -0.2) is 23.1 Å². The largest absolute Gasteiger partial charge is 0.373 e. The molecule has 114 valence electrons. The van der Waals surface area contributed by atoms with Crippen LogP contribution in [-0.2, 0) is 6.42 Å². The standard InChI is InChI=1S/C16H24N4S/c1-10(2)14-19-15(17-5)12(4)16(20-14)18-11(3)9-13-7-6-8-21-13/h6-8,10-11H,9H2,1-5H3,(H2,17,18,19,20). The highest BCUT2D eigenvalue weighted by molar-refractivity contribution is 7.09. The summed E-state index contributed by atoms with van der Waals surface area (Å²) in [5.41, 5.74) is 1.07. The summed E-state index contributed by atoms with van der Waals surface area (Å²) in [7, 11) is 1.90. The van der Waals surface area contributed by atoms with Crippen molar-refractivity contribution < 1.29 is 0 Å². The zero-order valence-electron chi connectivity index (χ0n) is 13.4. The van der Waals surface area contributed by atoms with E-state index in [2.05, 4.69) is 60.8 Å². The van der Waals surface area contributed by atoms with Gasteiger partial charge in [0.15, 0.2) is 0 Å². The summed E-state index contributed by atoms with van der Waals surface area (Å²) in [5, 5.41) is 8.81. The van der Waals surface area contributed by atoms with Crippen LogP contribution in [0.1, 0.15) is 43.0 Å². The minimum absolute atomic E-state index is 0.311. The molecule has 0 aliphatic carbocycles. The average molecular weight is 304 g/mol. The molecular formula is C16H24N4S. The molecule has 4 nitrogen and oxygen atoms in total. The van der Waals surface area contributed by atoms with Crippen molar-refractivity contribution in [2.45, 2.75) is 46.1 Å². The molecule has 1 unspecified atom stereocenters. The molecule has 0 bridgehead atoms. The summed E-state index contributed by atoms with van der Waals surface area (Å²) < 4.78 is 0. The Morgan fingerprint density at radius 3 is 2.48 bits per heavy atom. The Labute approximate surface area is 131 Å². The van der Waals surface area contributed by atoms with Gasteiger partial charge in [-0.15, -0.1) is 11.3 Å². The first-order valence-electron chi connectivity index (χ1n) is 7.36. The summed E-state index contributed by atoms with van der Waals surface area (Å²) in [6.45, 7) is 8.47. The normalized spacial score (nSPS) is 12.5. The molecule has 0 spiro atoms. The van der Waals surface area contributed by atoms with Gasteiger partial charge in [0.2, 0.25) is 0 Å². The van der Waals surface area contributed by atoms with Crippen LogP contribution in [0.5, 0.6) is 0 Å². The van der Waals surface area contributed by atoms with E-state index in [0.717, 1.165) is 29.4 Å². The van der Waals surface area contributed by atoms with Crippen molar-refractivity contribution in [1.29, 1.82) is 0 Å². The van der Waals surface area contributed by atoms with Gasteiger partial charge in [0.25, 0.3) is 0 Å². The second kappa shape index (κ2) is 6.89. The molecule has 0 fully saturated rings. The third-order valence-electron chi connectivity index (χ3n) is 3.39. The van der Waals surface area contributed by atoms with Crippen LogP contribution in [0.4, 0.5) is 11.6 Å². The number of hydrogen-bond donors (Lipinski definition) is 2. The molecule has 2 heterocycles. The SMILES string of the molecule is CNc1nc(C(C)C)nc(NC(C)Cc2cccs2)c1C. The Morgan fingerprint density at radius 1 is 1.19 bits per heavy atom. The van der Waals surface area contributed by atoms with Crippen LogP contribution in [0.2, 0.25) is 0 Å². The van der Waals surface area contributed by atoms with E-state index in [9.17, 15) is 0 Å². The Balaban J connectivity index is 2.19. The third kappa shape index (κ3) is 3.94. The summed E-state index contributed by atoms with van der Waals surface area (Å²) in [5.74, 6) is 3.02. The fraction of sp³-hybridized carbons (Fsp3) is 0.500. The Morgan fingerprint density at radius 2 is 1.90 bits per heavy atom. The third-order valence-corrected chi connectivity index (χ3v) is 4.29. The number of nitrogens with one attached hydrogen (secondary N) is 2. The van der Waals surface area contributed by atoms with Crippen molar-refractivity contribution in [2.24, 2.45) is 0 Å². The number of nitrogens with zero attached hydrogens (tertiary/aromatic N) is 2. The number of hydrogen-bond acceptors (Lipinski definition) is 5. The van der Waals surface area contributed by atoms with Gasteiger partial charge >= 0.3 is 0 Å². The minimum Gasteiger partial charge on any atom is -0.373 e. The monoisotopic (exact) mass is 304 g/mol. The van der Waals surface area contributed by atoms with Crippen LogP contribution in [0, 0.1) is 6.92 Å². The zero-order chi connectivity index (χ0) is 15.4. The molecule has 2 N–H and O–H groups in total. The van der Waals surface area contributed by atoms with Gasteiger partial charge in [-0.3, -0.25) is 0 Å². The average Bonchev–Trinajstić information content (AvgIpc) is 2.93. The van der Waals surface area contributed by atoms with Crippen molar-refractivity contribution in [3.63, 3.8) is 0 Å². The van der Waals surface area contributed by atoms with Gasteiger partial charge in [0, 0.05) is 35.9 Å². The van der Waals surface area contributed by atoms with Gasteiger partial charge in [-0.1, -0.05) is 19.9 Å². The molecule has 1 atom stereocenters. The fourth-order valence-electron chi connectivity index (χ4n) is 2.19. The number of aromatic nitrogens is 2. The van der Waals surface area contributed by atoms with E-state index in [4.69, 9.17) is 4.98 Å². The first-order valence-corrected chi connectivity index (χ1v) is 8.24. The second-order valence-electron chi connectivity index (χ2n) is 5.64. The molecule has 21 heavy (non-hydrogen) atoms. The summed E-state index contributed by atoms with van der Waals surface area (Å²) in [4.78, 5) is 10.7. The van der Waals surface area contributed by atoms with E-state index in [-0.39, 0.29) is 0 Å². The van der Waals surface area contributed by atoms with Crippen LogP contribution in [0.25, 0.3) is 0 Å². The smallest absolute Gasteiger partial charge is 0.135 e. The zero-order valence-corrected chi connectivity index (χ0v) is 14.2. The topological polar surface area (TPSA) is 49.8 Å². The lowest BCUT2D eigenvalue weighted by atomic mass is 10.1. The molecule has 0 saturated carbocycles. The molecule has 5 heteroatoms. The van der Waals surface area contributed by atoms with Gasteiger partial charge < -0.3 is 10.6 Å². The minimum atomic E-state index is 0.311. The van der Waals surface area contributed by atoms with Gasteiger partial charge in [-0.2, -0.15) is 0 Å². The molecule has 2 aromatic heterocycles. The highest BCUT2D eigenvalue weighted by Crippen LogP contribution is 2.24. The lowest BCUT2D eigenvalue weighted by molar-refractivity contribution is 0.755. The predicted octanol–water partition coefficient (Wildman–Crippen LogP) is 4.05. The van der Waals surface area contributed by atoms with Gasteiger partial charge in [0.05, 0.1) is 0 Å². The van der Waals surface area contributed by atoms with Crippen LogP contribution in [0.15, 0.2) is 17.5 Å². The lowest BCUT2D eigenvalue weighted by Crippen LogP contribution is -2.20. The summed E-state index contributed by atoms with van der Waals surface area (Å²) in [6, 6.07) is 4.61. The van der Waals surface area contributed by atoms with Gasteiger partial charge in [0.1, 0.15) is 17.5 Å². The maximum absolute atomic E-state index is 4.69. The first kappa shape index (κ1) is 15.8. The fourth-order valence-corrected chi connectivity index (χ4v) is 3.03. The quantitative estimate of drug-likeness (QED) is 0.845. The number of anilines is 2. The molecule has 2 rings (SSSR count). The highest BCUT2D eigenvalue weighted by Gasteiger charge is 2.14. The van der Waals surface area contributed by atoms with E-state index < -0.39 is 0 Å². The van der Waals surface area contributed by atoms with Crippen molar-refractivity contribution >= 4 is 23.0 Å². The molecular weight excluding hydrogens is 280 g/mol. The molecule has 0 saturated heterocycles. The van der Waals surface area contributed by atoms with Crippen LogP contribution < -0.4 is 10.6 Å². The van der Waals surface area contributed by atoms with Crippen molar-refractivity contribution in [3.8, 4) is 0 Å². The van der Waals surface area contributed by atoms with Gasteiger partial charge in [-0.25, -0.2) is 9.97 Å².